The molecule has 3 aromatic rings. The SMILES string of the molecule is CCc1ccc(-c2nccn2[C@@H](C)c2nc(C)cs2)o1. The van der Waals surface area contributed by atoms with E-state index in [2.05, 4.69) is 33.8 Å². The summed E-state index contributed by atoms with van der Waals surface area (Å²) in [4.78, 5) is 9.00. The van der Waals surface area contributed by atoms with Gasteiger partial charge in [0, 0.05) is 29.9 Å². The third-order valence-electron chi connectivity index (χ3n) is 3.31. The highest BCUT2D eigenvalue weighted by atomic mass is 32.1. The summed E-state index contributed by atoms with van der Waals surface area (Å²) >= 11 is 1.68. The van der Waals surface area contributed by atoms with E-state index in [0.29, 0.717) is 0 Å². The zero-order valence-electron chi connectivity index (χ0n) is 11.8. The molecule has 0 unspecified atom stereocenters. The maximum absolute atomic E-state index is 5.81. The van der Waals surface area contributed by atoms with Crippen molar-refractivity contribution in [3.63, 3.8) is 0 Å². The van der Waals surface area contributed by atoms with Gasteiger partial charge in [0.1, 0.15) is 10.8 Å². The van der Waals surface area contributed by atoms with Crippen LogP contribution in [0.2, 0.25) is 0 Å². The van der Waals surface area contributed by atoms with Crippen molar-refractivity contribution < 1.29 is 4.42 Å². The summed E-state index contributed by atoms with van der Waals surface area (Å²) in [5.74, 6) is 2.64. The van der Waals surface area contributed by atoms with E-state index < -0.39 is 0 Å². The van der Waals surface area contributed by atoms with Crippen molar-refractivity contribution in [1.29, 1.82) is 0 Å². The fourth-order valence-corrected chi connectivity index (χ4v) is 3.04. The second-order valence-electron chi connectivity index (χ2n) is 4.78. The molecule has 0 aromatic carbocycles. The number of thiazole rings is 1. The smallest absolute Gasteiger partial charge is 0.176 e. The molecule has 0 aliphatic carbocycles. The molecule has 0 N–H and O–H groups in total. The van der Waals surface area contributed by atoms with Gasteiger partial charge in [0.2, 0.25) is 0 Å². The lowest BCUT2D eigenvalue weighted by Gasteiger charge is -2.12. The van der Waals surface area contributed by atoms with Crippen LogP contribution in [0.15, 0.2) is 34.3 Å². The predicted octanol–water partition coefficient (Wildman–Crippen LogP) is 4.08. The molecule has 0 fully saturated rings. The number of aryl methyl sites for hydroxylation is 2. The molecule has 3 aromatic heterocycles. The minimum Gasteiger partial charge on any atom is -0.458 e. The zero-order chi connectivity index (χ0) is 14.1. The molecule has 3 rings (SSSR count). The Morgan fingerprint density at radius 2 is 2.25 bits per heavy atom. The van der Waals surface area contributed by atoms with E-state index in [9.17, 15) is 0 Å². The van der Waals surface area contributed by atoms with Crippen LogP contribution in [0.1, 0.15) is 36.4 Å². The van der Waals surface area contributed by atoms with E-state index in [1.54, 1.807) is 17.5 Å². The molecule has 0 aliphatic heterocycles. The second-order valence-corrected chi connectivity index (χ2v) is 5.67. The monoisotopic (exact) mass is 287 g/mol. The maximum atomic E-state index is 5.81. The molecule has 0 amide bonds. The highest BCUT2D eigenvalue weighted by molar-refractivity contribution is 7.09. The van der Waals surface area contributed by atoms with Gasteiger partial charge in [-0.2, -0.15) is 0 Å². The molecule has 0 aliphatic rings. The van der Waals surface area contributed by atoms with Gasteiger partial charge in [0.15, 0.2) is 11.6 Å². The minimum atomic E-state index is 0.154. The van der Waals surface area contributed by atoms with Crippen molar-refractivity contribution in [3.05, 3.63) is 46.4 Å². The number of furan rings is 1. The molecule has 1 atom stereocenters. The second kappa shape index (κ2) is 5.25. The van der Waals surface area contributed by atoms with Crippen molar-refractivity contribution in [3.8, 4) is 11.6 Å². The number of imidazole rings is 1. The third-order valence-corrected chi connectivity index (χ3v) is 4.44. The quantitative estimate of drug-likeness (QED) is 0.726. The lowest BCUT2D eigenvalue weighted by molar-refractivity contribution is 0.517. The van der Waals surface area contributed by atoms with Crippen molar-refractivity contribution in [2.45, 2.75) is 33.2 Å². The Bertz CT molecular complexity index is 710. The van der Waals surface area contributed by atoms with Crippen LogP contribution in [0.3, 0.4) is 0 Å². The Kier molecular flexibility index (Phi) is 3.44. The Balaban J connectivity index is 1.97. The molecule has 5 heteroatoms. The first-order valence-electron chi connectivity index (χ1n) is 6.73. The van der Waals surface area contributed by atoms with Crippen LogP contribution in [0.25, 0.3) is 11.6 Å². The van der Waals surface area contributed by atoms with E-state index in [0.717, 1.165) is 34.5 Å². The molecular weight excluding hydrogens is 270 g/mol. The van der Waals surface area contributed by atoms with Gasteiger partial charge in [-0.15, -0.1) is 11.3 Å². The molecule has 0 bridgehead atoms. The van der Waals surface area contributed by atoms with E-state index in [1.165, 1.54) is 0 Å². The molecule has 0 saturated carbocycles. The van der Waals surface area contributed by atoms with Crippen LogP contribution < -0.4 is 0 Å². The molecule has 104 valence electrons. The van der Waals surface area contributed by atoms with Crippen molar-refractivity contribution >= 4 is 11.3 Å². The molecule has 0 saturated heterocycles. The van der Waals surface area contributed by atoms with Crippen LogP contribution in [-0.4, -0.2) is 14.5 Å². The van der Waals surface area contributed by atoms with E-state index in [-0.39, 0.29) is 6.04 Å². The first kappa shape index (κ1) is 13.1. The molecule has 3 heterocycles. The highest BCUT2D eigenvalue weighted by Gasteiger charge is 2.18. The van der Waals surface area contributed by atoms with Gasteiger partial charge in [-0.1, -0.05) is 6.92 Å². The third kappa shape index (κ3) is 2.29. The van der Waals surface area contributed by atoms with Crippen LogP contribution in [0.5, 0.6) is 0 Å². The van der Waals surface area contributed by atoms with E-state index in [4.69, 9.17) is 4.42 Å². The fourth-order valence-electron chi connectivity index (χ4n) is 2.19. The minimum absolute atomic E-state index is 0.154. The number of aromatic nitrogens is 3. The van der Waals surface area contributed by atoms with Crippen molar-refractivity contribution in [1.82, 2.24) is 14.5 Å². The number of rotatable bonds is 4. The first-order chi connectivity index (χ1) is 9.69. The average molecular weight is 287 g/mol. The van der Waals surface area contributed by atoms with E-state index >= 15 is 0 Å². The molecule has 4 nitrogen and oxygen atoms in total. The summed E-state index contributed by atoms with van der Waals surface area (Å²) in [7, 11) is 0. The first-order valence-corrected chi connectivity index (χ1v) is 7.61. The van der Waals surface area contributed by atoms with Crippen LogP contribution >= 0.6 is 11.3 Å². The van der Waals surface area contributed by atoms with Crippen molar-refractivity contribution in [2.75, 3.05) is 0 Å². The average Bonchev–Trinajstić information content (AvgIpc) is 3.17. The molecular formula is C15H17N3OS. The summed E-state index contributed by atoms with van der Waals surface area (Å²) in [6.45, 7) is 6.23. The van der Waals surface area contributed by atoms with Gasteiger partial charge in [-0.3, -0.25) is 0 Å². The van der Waals surface area contributed by atoms with Crippen LogP contribution in [0, 0.1) is 6.92 Å². The van der Waals surface area contributed by atoms with Gasteiger partial charge in [-0.05, 0) is 26.0 Å². The normalized spacial score (nSPS) is 12.8. The Morgan fingerprint density at radius 1 is 1.40 bits per heavy atom. The Labute approximate surface area is 122 Å². The van der Waals surface area contributed by atoms with Gasteiger partial charge >= 0.3 is 0 Å². The molecule has 20 heavy (non-hydrogen) atoms. The fraction of sp³-hybridized carbons (Fsp3) is 0.333. The standard InChI is InChI=1S/C15H17N3OS/c1-4-12-5-6-13(19-12)14-16-7-8-18(14)11(3)15-17-10(2)9-20-15/h5-9,11H,4H2,1-3H3/t11-/m0/s1. The lowest BCUT2D eigenvalue weighted by atomic mass is 10.3. The maximum Gasteiger partial charge on any atom is 0.176 e. The van der Waals surface area contributed by atoms with Gasteiger partial charge < -0.3 is 8.98 Å². The highest BCUT2D eigenvalue weighted by Crippen LogP contribution is 2.28. The molecule has 0 radical (unpaired) electrons. The lowest BCUT2D eigenvalue weighted by Crippen LogP contribution is -2.07. The number of nitrogens with zero attached hydrogens (tertiary/aromatic N) is 3. The van der Waals surface area contributed by atoms with Crippen LogP contribution in [-0.2, 0) is 6.42 Å². The van der Waals surface area contributed by atoms with Crippen molar-refractivity contribution in [2.24, 2.45) is 0 Å². The summed E-state index contributed by atoms with van der Waals surface area (Å²) in [5.41, 5.74) is 1.06. The van der Waals surface area contributed by atoms with Gasteiger partial charge in [-0.25, -0.2) is 9.97 Å². The van der Waals surface area contributed by atoms with E-state index in [1.807, 2.05) is 25.3 Å². The number of hydrogen-bond donors (Lipinski definition) is 0. The zero-order valence-corrected chi connectivity index (χ0v) is 12.6. The largest absolute Gasteiger partial charge is 0.458 e. The summed E-state index contributed by atoms with van der Waals surface area (Å²) < 4.78 is 7.92. The Hall–Kier alpha value is -1.88. The molecule has 0 spiro atoms. The van der Waals surface area contributed by atoms with Crippen LogP contribution in [0.4, 0.5) is 0 Å². The summed E-state index contributed by atoms with van der Waals surface area (Å²) in [5, 5.41) is 3.16. The Morgan fingerprint density at radius 3 is 2.90 bits per heavy atom. The predicted molar refractivity (Wildman–Crippen MR) is 80.0 cm³/mol. The number of hydrogen-bond acceptors (Lipinski definition) is 4. The summed E-state index contributed by atoms with van der Waals surface area (Å²) in [6.07, 6.45) is 4.67. The van der Waals surface area contributed by atoms with Gasteiger partial charge in [0.05, 0.1) is 6.04 Å². The topological polar surface area (TPSA) is 43.9 Å². The summed E-state index contributed by atoms with van der Waals surface area (Å²) in [6, 6.07) is 4.14. The van der Waals surface area contributed by atoms with Gasteiger partial charge in [0.25, 0.3) is 0 Å².